The average molecular weight is 327 g/mol. The van der Waals surface area contributed by atoms with Crippen LogP contribution >= 0.6 is 0 Å². The summed E-state index contributed by atoms with van der Waals surface area (Å²) in [4.78, 5) is 31.4. The molecule has 1 unspecified atom stereocenters. The first kappa shape index (κ1) is 14.9. The molecule has 1 spiro atoms. The smallest absolute Gasteiger partial charge is 0.270 e. The van der Waals surface area contributed by atoms with E-state index in [0.29, 0.717) is 37.4 Å². The number of aromatic amines is 1. The number of likely N-dealkylation sites (tertiary alicyclic amines) is 1. The predicted octanol–water partition coefficient (Wildman–Crippen LogP) is 2.42. The van der Waals surface area contributed by atoms with Crippen molar-refractivity contribution in [2.75, 3.05) is 24.5 Å². The number of hydrogen-bond donors (Lipinski definition) is 1. The van der Waals surface area contributed by atoms with E-state index in [9.17, 15) is 14.0 Å². The fourth-order valence-corrected chi connectivity index (χ4v) is 3.77. The van der Waals surface area contributed by atoms with E-state index in [-0.39, 0.29) is 23.0 Å². The number of hydrogen-bond acceptors (Lipinski definition) is 2. The Balaban J connectivity index is 1.50. The van der Waals surface area contributed by atoms with Crippen LogP contribution in [0.5, 0.6) is 0 Å². The Hall–Kier alpha value is -2.63. The zero-order valence-corrected chi connectivity index (χ0v) is 13.2. The molecule has 2 aliphatic heterocycles. The molecule has 1 atom stereocenters. The van der Waals surface area contributed by atoms with Gasteiger partial charge < -0.3 is 14.8 Å². The minimum absolute atomic E-state index is 0.0236. The van der Waals surface area contributed by atoms with Crippen LogP contribution in [0.4, 0.5) is 10.1 Å². The molecule has 0 radical (unpaired) electrons. The van der Waals surface area contributed by atoms with Gasteiger partial charge in [-0.15, -0.1) is 0 Å². The maximum Gasteiger partial charge on any atom is 0.270 e. The minimum atomic E-state index is -0.316. The van der Waals surface area contributed by atoms with E-state index < -0.39 is 0 Å². The second kappa shape index (κ2) is 5.47. The molecule has 1 N–H and O–H groups in total. The van der Waals surface area contributed by atoms with E-state index >= 15 is 0 Å². The van der Waals surface area contributed by atoms with Crippen LogP contribution in [0.15, 0.2) is 42.6 Å². The number of amides is 2. The van der Waals surface area contributed by atoms with E-state index in [1.54, 1.807) is 35.4 Å². The van der Waals surface area contributed by atoms with Crippen LogP contribution in [0.2, 0.25) is 0 Å². The summed E-state index contributed by atoms with van der Waals surface area (Å²) < 4.78 is 13.1. The van der Waals surface area contributed by atoms with Crippen molar-refractivity contribution in [3.63, 3.8) is 0 Å². The van der Waals surface area contributed by atoms with Gasteiger partial charge in [0, 0.05) is 43.4 Å². The second-order valence-corrected chi connectivity index (χ2v) is 6.69. The lowest BCUT2D eigenvalue weighted by molar-refractivity contribution is -0.117. The number of H-pyrrole nitrogens is 1. The molecular formula is C18H18FN3O2. The van der Waals surface area contributed by atoms with Gasteiger partial charge in [0.2, 0.25) is 5.91 Å². The lowest BCUT2D eigenvalue weighted by Crippen LogP contribution is -2.34. The lowest BCUT2D eigenvalue weighted by atomic mass is 9.86. The number of carbonyl (C=O) groups excluding carboxylic acids is 2. The molecule has 6 heteroatoms. The third-order valence-corrected chi connectivity index (χ3v) is 5.01. The number of nitrogens with zero attached hydrogens (tertiary/aromatic N) is 2. The molecule has 0 bridgehead atoms. The Morgan fingerprint density at radius 2 is 1.96 bits per heavy atom. The summed E-state index contributed by atoms with van der Waals surface area (Å²) in [5.74, 6) is -0.302. The molecule has 4 rings (SSSR count). The third-order valence-electron chi connectivity index (χ3n) is 5.01. The van der Waals surface area contributed by atoms with Crippen molar-refractivity contribution in [1.82, 2.24) is 9.88 Å². The van der Waals surface area contributed by atoms with Crippen LogP contribution in [-0.4, -0.2) is 41.3 Å². The maximum atomic E-state index is 13.1. The Morgan fingerprint density at radius 3 is 2.67 bits per heavy atom. The normalized spacial score (nSPS) is 23.5. The molecule has 124 valence electrons. The first-order chi connectivity index (χ1) is 11.6. The van der Waals surface area contributed by atoms with Gasteiger partial charge in [0.25, 0.3) is 5.91 Å². The van der Waals surface area contributed by atoms with E-state index in [0.717, 1.165) is 6.42 Å². The van der Waals surface area contributed by atoms with Gasteiger partial charge in [0.1, 0.15) is 11.5 Å². The molecule has 1 aromatic heterocycles. The Kier molecular flexibility index (Phi) is 3.40. The summed E-state index contributed by atoms with van der Waals surface area (Å²) in [5, 5.41) is 0. The highest BCUT2D eigenvalue weighted by atomic mass is 19.1. The van der Waals surface area contributed by atoms with Gasteiger partial charge in [0.15, 0.2) is 0 Å². The van der Waals surface area contributed by atoms with Gasteiger partial charge in [-0.25, -0.2) is 4.39 Å². The number of anilines is 1. The minimum Gasteiger partial charge on any atom is -0.357 e. The van der Waals surface area contributed by atoms with Crippen molar-refractivity contribution in [3.05, 3.63) is 54.1 Å². The SMILES string of the molecule is O=C(c1ccc[nH]1)N1CCC2(CC(=O)N(c3ccc(F)cc3)C2)C1. The summed E-state index contributed by atoms with van der Waals surface area (Å²) >= 11 is 0. The van der Waals surface area contributed by atoms with Gasteiger partial charge in [-0.1, -0.05) is 0 Å². The average Bonchev–Trinajstić information content (AvgIpc) is 3.29. The van der Waals surface area contributed by atoms with Crippen molar-refractivity contribution in [2.24, 2.45) is 5.41 Å². The van der Waals surface area contributed by atoms with Crippen molar-refractivity contribution < 1.29 is 14.0 Å². The Morgan fingerprint density at radius 1 is 1.17 bits per heavy atom. The summed E-state index contributed by atoms with van der Waals surface area (Å²) in [5.41, 5.74) is 1.09. The van der Waals surface area contributed by atoms with Gasteiger partial charge in [0.05, 0.1) is 0 Å². The first-order valence-electron chi connectivity index (χ1n) is 8.05. The van der Waals surface area contributed by atoms with Crippen molar-refractivity contribution in [2.45, 2.75) is 12.8 Å². The molecule has 2 saturated heterocycles. The molecule has 2 amide bonds. The Labute approximate surface area is 139 Å². The predicted molar refractivity (Wildman–Crippen MR) is 87.1 cm³/mol. The monoisotopic (exact) mass is 327 g/mol. The molecule has 2 fully saturated rings. The van der Waals surface area contributed by atoms with Crippen LogP contribution in [0.3, 0.4) is 0 Å². The molecule has 2 aliphatic rings. The number of carbonyl (C=O) groups is 2. The second-order valence-electron chi connectivity index (χ2n) is 6.69. The van der Waals surface area contributed by atoms with Gasteiger partial charge in [-0.2, -0.15) is 0 Å². The lowest BCUT2D eigenvalue weighted by Gasteiger charge is -2.24. The molecule has 24 heavy (non-hydrogen) atoms. The quantitative estimate of drug-likeness (QED) is 0.921. The number of halogens is 1. The molecule has 0 aliphatic carbocycles. The first-order valence-corrected chi connectivity index (χ1v) is 8.05. The number of rotatable bonds is 2. The van der Waals surface area contributed by atoms with Gasteiger partial charge >= 0.3 is 0 Å². The fraction of sp³-hybridized carbons (Fsp3) is 0.333. The van der Waals surface area contributed by atoms with Crippen LogP contribution in [0.25, 0.3) is 0 Å². The van der Waals surface area contributed by atoms with Crippen LogP contribution in [0, 0.1) is 11.2 Å². The van der Waals surface area contributed by atoms with Crippen molar-refractivity contribution in [1.29, 1.82) is 0 Å². The fourth-order valence-electron chi connectivity index (χ4n) is 3.77. The van der Waals surface area contributed by atoms with Crippen molar-refractivity contribution in [3.8, 4) is 0 Å². The summed E-state index contributed by atoms with van der Waals surface area (Å²) in [6.45, 7) is 1.81. The molecule has 3 heterocycles. The highest BCUT2D eigenvalue weighted by Crippen LogP contribution is 2.42. The number of aromatic nitrogens is 1. The van der Waals surface area contributed by atoms with E-state index in [4.69, 9.17) is 0 Å². The molecule has 5 nitrogen and oxygen atoms in total. The summed E-state index contributed by atoms with van der Waals surface area (Å²) in [6.07, 6.45) is 2.97. The van der Waals surface area contributed by atoms with Gasteiger partial charge in [-0.05, 0) is 42.8 Å². The number of nitrogens with one attached hydrogen (secondary N) is 1. The maximum absolute atomic E-state index is 13.1. The van der Waals surface area contributed by atoms with E-state index in [1.165, 1.54) is 12.1 Å². The summed E-state index contributed by atoms with van der Waals surface area (Å²) in [7, 11) is 0. The third kappa shape index (κ3) is 2.48. The standard InChI is InChI=1S/C18H18FN3O2/c19-13-3-5-14(6-4-13)22-12-18(10-16(22)23)7-9-21(11-18)17(24)15-2-1-8-20-15/h1-6,8,20H,7,9-12H2. The highest BCUT2D eigenvalue weighted by molar-refractivity contribution is 5.97. The van der Waals surface area contributed by atoms with E-state index in [1.807, 2.05) is 4.90 Å². The van der Waals surface area contributed by atoms with Crippen LogP contribution < -0.4 is 4.90 Å². The zero-order chi connectivity index (χ0) is 16.7. The summed E-state index contributed by atoms with van der Waals surface area (Å²) in [6, 6.07) is 9.55. The van der Waals surface area contributed by atoms with Crippen LogP contribution in [-0.2, 0) is 4.79 Å². The molecular weight excluding hydrogens is 309 g/mol. The van der Waals surface area contributed by atoms with Gasteiger partial charge in [-0.3, -0.25) is 9.59 Å². The zero-order valence-electron chi connectivity index (χ0n) is 13.2. The molecule has 1 aromatic carbocycles. The Bertz CT molecular complexity index is 772. The van der Waals surface area contributed by atoms with Crippen LogP contribution in [0.1, 0.15) is 23.3 Å². The van der Waals surface area contributed by atoms with E-state index in [2.05, 4.69) is 4.98 Å². The molecule has 2 aromatic rings. The van der Waals surface area contributed by atoms with Crippen molar-refractivity contribution >= 4 is 17.5 Å². The number of benzene rings is 1. The topological polar surface area (TPSA) is 56.4 Å². The highest BCUT2D eigenvalue weighted by Gasteiger charge is 2.48. The largest absolute Gasteiger partial charge is 0.357 e. The molecule has 0 saturated carbocycles.